The van der Waals surface area contributed by atoms with Gasteiger partial charge in [-0.05, 0) is 37.5 Å². The lowest BCUT2D eigenvalue weighted by Crippen LogP contribution is -2.46. The van der Waals surface area contributed by atoms with Gasteiger partial charge in [-0.15, -0.1) is 0 Å². The van der Waals surface area contributed by atoms with Crippen LogP contribution in [0, 0.1) is 0 Å². The highest BCUT2D eigenvalue weighted by Gasteiger charge is 2.29. The zero-order chi connectivity index (χ0) is 17.2. The topological polar surface area (TPSA) is 68.3 Å². The van der Waals surface area contributed by atoms with E-state index in [4.69, 9.17) is 4.42 Å². The lowest BCUT2D eigenvalue weighted by molar-refractivity contribution is 0.0552. The van der Waals surface area contributed by atoms with Crippen molar-refractivity contribution in [2.75, 3.05) is 6.54 Å². The quantitative estimate of drug-likeness (QED) is 0.737. The molecule has 25 heavy (non-hydrogen) atoms. The van der Waals surface area contributed by atoms with Gasteiger partial charge in [0.1, 0.15) is 5.58 Å². The van der Waals surface area contributed by atoms with Gasteiger partial charge in [-0.3, -0.25) is 14.3 Å². The van der Waals surface area contributed by atoms with Crippen LogP contribution >= 0.6 is 0 Å². The van der Waals surface area contributed by atoms with Crippen molar-refractivity contribution >= 4 is 16.9 Å². The van der Waals surface area contributed by atoms with Gasteiger partial charge < -0.3 is 9.32 Å². The highest BCUT2D eigenvalue weighted by molar-refractivity contribution is 5.93. The Kier molecular flexibility index (Phi) is 4.09. The lowest BCUT2D eigenvalue weighted by Gasteiger charge is -2.35. The summed E-state index contributed by atoms with van der Waals surface area (Å²) >= 11 is 0. The molecule has 3 aromatic rings. The van der Waals surface area contributed by atoms with E-state index in [2.05, 4.69) is 5.10 Å². The number of aromatic nitrogens is 2. The molecule has 1 aliphatic rings. The fraction of sp³-hybridized carbons (Fsp3) is 0.316. The van der Waals surface area contributed by atoms with Gasteiger partial charge in [0.05, 0.1) is 18.0 Å². The van der Waals surface area contributed by atoms with Crippen molar-refractivity contribution < 1.29 is 9.21 Å². The smallest absolute Gasteiger partial charge is 0.290 e. The third-order valence-electron chi connectivity index (χ3n) is 4.69. The minimum Gasteiger partial charge on any atom is -0.451 e. The predicted molar refractivity (Wildman–Crippen MR) is 93.4 cm³/mol. The molecule has 6 heteroatoms. The van der Waals surface area contributed by atoms with E-state index in [1.165, 1.54) is 6.07 Å². The fourth-order valence-electron chi connectivity index (χ4n) is 3.43. The summed E-state index contributed by atoms with van der Waals surface area (Å²) in [5.41, 5.74) is 0.254. The SMILES string of the molecule is O=C(c1cc(=O)c2ccccc2o1)N1CCCC[C@H]1Cn1cccn1. The average molecular weight is 337 g/mol. The Labute approximate surface area is 144 Å². The number of carbonyl (C=O) groups is 1. The Morgan fingerprint density at radius 3 is 2.96 bits per heavy atom. The first-order valence-electron chi connectivity index (χ1n) is 8.54. The first-order chi connectivity index (χ1) is 12.2. The second-order valence-corrected chi connectivity index (χ2v) is 6.35. The molecule has 1 atom stereocenters. The molecule has 0 radical (unpaired) electrons. The Morgan fingerprint density at radius 1 is 1.24 bits per heavy atom. The summed E-state index contributed by atoms with van der Waals surface area (Å²) < 4.78 is 7.57. The van der Waals surface area contributed by atoms with Crippen LogP contribution in [0.4, 0.5) is 0 Å². The molecular weight excluding hydrogens is 318 g/mol. The summed E-state index contributed by atoms with van der Waals surface area (Å²) in [5, 5.41) is 4.73. The molecule has 0 spiro atoms. The summed E-state index contributed by atoms with van der Waals surface area (Å²) in [6.07, 6.45) is 6.59. The highest BCUT2D eigenvalue weighted by atomic mass is 16.3. The number of fused-ring (bicyclic) bond motifs is 1. The van der Waals surface area contributed by atoms with E-state index >= 15 is 0 Å². The molecule has 6 nitrogen and oxygen atoms in total. The Bertz CT molecular complexity index is 946. The van der Waals surface area contributed by atoms with Crippen molar-refractivity contribution in [3.8, 4) is 0 Å². The molecule has 0 N–H and O–H groups in total. The van der Waals surface area contributed by atoms with Crippen LogP contribution in [-0.4, -0.2) is 33.2 Å². The zero-order valence-corrected chi connectivity index (χ0v) is 13.8. The van der Waals surface area contributed by atoms with Crippen LogP contribution in [0.5, 0.6) is 0 Å². The maximum absolute atomic E-state index is 13.0. The predicted octanol–water partition coefficient (Wildman–Crippen LogP) is 2.68. The Balaban J connectivity index is 1.65. The monoisotopic (exact) mass is 337 g/mol. The molecule has 1 fully saturated rings. The molecular formula is C19H19N3O3. The van der Waals surface area contributed by atoms with Crippen LogP contribution < -0.4 is 5.43 Å². The molecule has 0 unspecified atom stereocenters. The number of amides is 1. The van der Waals surface area contributed by atoms with Gasteiger partial charge in [-0.1, -0.05) is 12.1 Å². The summed E-state index contributed by atoms with van der Waals surface area (Å²) in [7, 11) is 0. The maximum Gasteiger partial charge on any atom is 0.290 e. The Morgan fingerprint density at radius 2 is 2.12 bits per heavy atom. The molecule has 0 saturated carbocycles. The van der Waals surface area contributed by atoms with Gasteiger partial charge in [-0.2, -0.15) is 5.10 Å². The first kappa shape index (κ1) is 15.6. The van der Waals surface area contributed by atoms with E-state index < -0.39 is 0 Å². The van der Waals surface area contributed by atoms with E-state index in [-0.39, 0.29) is 23.1 Å². The molecule has 4 rings (SSSR count). The molecule has 1 amide bonds. The molecule has 1 aliphatic heterocycles. The van der Waals surface area contributed by atoms with Gasteiger partial charge in [0.2, 0.25) is 0 Å². The van der Waals surface area contributed by atoms with E-state index in [0.717, 1.165) is 19.3 Å². The van der Waals surface area contributed by atoms with Crippen molar-refractivity contribution in [3.63, 3.8) is 0 Å². The van der Waals surface area contributed by atoms with Gasteiger partial charge in [0.25, 0.3) is 5.91 Å². The summed E-state index contributed by atoms with van der Waals surface area (Å²) in [5.74, 6) is -0.115. The second-order valence-electron chi connectivity index (χ2n) is 6.35. The molecule has 1 aromatic carbocycles. The third kappa shape index (κ3) is 3.07. The van der Waals surface area contributed by atoms with Crippen LogP contribution in [0.25, 0.3) is 11.0 Å². The zero-order valence-electron chi connectivity index (χ0n) is 13.8. The number of hydrogen-bond donors (Lipinski definition) is 0. The van der Waals surface area contributed by atoms with Crippen LogP contribution in [0.15, 0.2) is 58.0 Å². The molecule has 2 aromatic heterocycles. The minimum absolute atomic E-state index is 0.0536. The molecule has 0 bridgehead atoms. The second kappa shape index (κ2) is 6.55. The standard InChI is InChI=1S/C19H19N3O3/c23-16-12-18(25-17-8-2-1-7-15(16)17)19(24)22-11-4-3-6-14(22)13-21-10-5-9-20-21/h1-2,5,7-10,12,14H,3-4,6,11,13H2/t14-/m0/s1. The number of piperidine rings is 1. The third-order valence-corrected chi connectivity index (χ3v) is 4.69. The molecule has 1 saturated heterocycles. The first-order valence-corrected chi connectivity index (χ1v) is 8.54. The largest absolute Gasteiger partial charge is 0.451 e. The normalized spacial score (nSPS) is 17.8. The van der Waals surface area contributed by atoms with E-state index in [9.17, 15) is 9.59 Å². The summed E-state index contributed by atoms with van der Waals surface area (Å²) in [4.78, 5) is 27.1. The number of hydrogen-bond acceptors (Lipinski definition) is 4. The van der Waals surface area contributed by atoms with Crippen molar-refractivity contribution in [1.82, 2.24) is 14.7 Å². The van der Waals surface area contributed by atoms with E-state index in [1.807, 2.05) is 21.8 Å². The lowest BCUT2D eigenvalue weighted by atomic mass is 10.0. The minimum atomic E-state index is -0.222. The van der Waals surface area contributed by atoms with E-state index in [1.54, 1.807) is 30.5 Å². The molecule has 3 heterocycles. The number of nitrogens with zero attached hydrogens (tertiary/aromatic N) is 3. The summed E-state index contributed by atoms with van der Waals surface area (Å²) in [6, 6.07) is 10.2. The van der Waals surface area contributed by atoms with Gasteiger partial charge in [0.15, 0.2) is 11.2 Å². The summed E-state index contributed by atoms with van der Waals surface area (Å²) in [6.45, 7) is 1.32. The van der Waals surface area contributed by atoms with Gasteiger partial charge in [0, 0.05) is 25.0 Å². The number of rotatable bonds is 3. The maximum atomic E-state index is 13.0. The fourth-order valence-corrected chi connectivity index (χ4v) is 3.43. The number of para-hydroxylation sites is 1. The van der Waals surface area contributed by atoms with Crippen LogP contribution in [0.2, 0.25) is 0 Å². The van der Waals surface area contributed by atoms with Crippen molar-refractivity contribution in [2.24, 2.45) is 0 Å². The Hall–Kier alpha value is -2.89. The highest BCUT2D eigenvalue weighted by Crippen LogP contribution is 2.22. The van der Waals surface area contributed by atoms with Gasteiger partial charge >= 0.3 is 0 Å². The molecule has 0 aliphatic carbocycles. The van der Waals surface area contributed by atoms with Crippen LogP contribution in [0.1, 0.15) is 29.8 Å². The average Bonchev–Trinajstić information content (AvgIpc) is 3.15. The number of benzene rings is 1. The van der Waals surface area contributed by atoms with Crippen molar-refractivity contribution in [1.29, 1.82) is 0 Å². The van der Waals surface area contributed by atoms with Crippen molar-refractivity contribution in [3.05, 3.63) is 64.8 Å². The number of likely N-dealkylation sites (tertiary alicyclic amines) is 1. The van der Waals surface area contributed by atoms with Crippen LogP contribution in [-0.2, 0) is 6.54 Å². The number of carbonyl (C=O) groups excluding carboxylic acids is 1. The van der Waals surface area contributed by atoms with Crippen molar-refractivity contribution in [2.45, 2.75) is 31.8 Å². The van der Waals surface area contributed by atoms with Crippen LogP contribution in [0.3, 0.4) is 0 Å². The molecule has 128 valence electrons. The van der Waals surface area contributed by atoms with E-state index in [0.29, 0.717) is 24.1 Å². The van der Waals surface area contributed by atoms with Gasteiger partial charge in [-0.25, -0.2) is 0 Å².